The van der Waals surface area contributed by atoms with Crippen LogP contribution in [0.5, 0.6) is 0 Å². The van der Waals surface area contributed by atoms with Crippen molar-refractivity contribution in [2.45, 2.75) is 6.92 Å². The van der Waals surface area contributed by atoms with E-state index in [1.165, 1.54) is 0 Å². The van der Waals surface area contributed by atoms with Gasteiger partial charge in [-0.1, -0.05) is 18.5 Å². The molecule has 0 aromatic heterocycles. The zero-order valence-corrected chi connectivity index (χ0v) is 13.4. The second-order valence-electron chi connectivity index (χ2n) is 3.70. The summed E-state index contributed by atoms with van der Waals surface area (Å²) in [6.07, 6.45) is 0. The summed E-state index contributed by atoms with van der Waals surface area (Å²) in [5, 5.41) is 3.04. The SMILES string of the molecule is CCNS(=O)(=O)CCNC(=O)c1ccc(Cl)c(Br)c1. The molecule has 19 heavy (non-hydrogen) atoms. The Morgan fingerprint density at radius 3 is 2.68 bits per heavy atom. The summed E-state index contributed by atoms with van der Waals surface area (Å²) in [7, 11) is -3.32. The summed E-state index contributed by atoms with van der Waals surface area (Å²) in [4.78, 5) is 11.8. The van der Waals surface area contributed by atoms with E-state index in [0.717, 1.165) is 0 Å². The predicted molar refractivity (Wildman–Crippen MR) is 78.9 cm³/mol. The fourth-order valence-electron chi connectivity index (χ4n) is 1.33. The lowest BCUT2D eigenvalue weighted by molar-refractivity contribution is 0.0956. The van der Waals surface area contributed by atoms with Crippen molar-refractivity contribution in [3.8, 4) is 0 Å². The van der Waals surface area contributed by atoms with Crippen LogP contribution in [0, 0.1) is 0 Å². The third kappa shape index (κ3) is 5.48. The number of benzene rings is 1. The van der Waals surface area contributed by atoms with Crippen molar-refractivity contribution in [3.05, 3.63) is 33.3 Å². The second-order valence-corrected chi connectivity index (χ2v) is 6.89. The number of nitrogens with one attached hydrogen (secondary N) is 2. The topological polar surface area (TPSA) is 75.3 Å². The van der Waals surface area contributed by atoms with Gasteiger partial charge in [0.1, 0.15) is 0 Å². The molecule has 0 unspecified atom stereocenters. The molecule has 106 valence electrons. The summed E-state index contributed by atoms with van der Waals surface area (Å²) >= 11 is 9.04. The first-order valence-corrected chi connectivity index (χ1v) is 8.38. The van der Waals surface area contributed by atoms with Gasteiger partial charge < -0.3 is 5.32 Å². The Kier molecular flexibility index (Phi) is 6.25. The molecule has 8 heteroatoms. The molecular formula is C11H14BrClN2O3S. The van der Waals surface area contributed by atoms with E-state index in [2.05, 4.69) is 26.0 Å². The maximum absolute atomic E-state index is 11.8. The van der Waals surface area contributed by atoms with Crippen molar-refractivity contribution in [3.63, 3.8) is 0 Å². The number of carbonyl (C=O) groups is 1. The molecule has 0 aliphatic rings. The van der Waals surface area contributed by atoms with Gasteiger partial charge in [0.2, 0.25) is 10.0 Å². The Balaban J connectivity index is 2.54. The lowest BCUT2D eigenvalue weighted by atomic mass is 10.2. The number of amides is 1. The van der Waals surface area contributed by atoms with E-state index in [-0.39, 0.29) is 18.2 Å². The molecular weight excluding hydrogens is 356 g/mol. The Morgan fingerprint density at radius 2 is 2.11 bits per heavy atom. The molecule has 0 heterocycles. The van der Waals surface area contributed by atoms with Crippen LogP contribution in [0.25, 0.3) is 0 Å². The highest BCUT2D eigenvalue weighted by atomic mass is 79.9. The van der Waals surface area contributed by atoms with Crippen LogP contribution >= 0.6 is 27.5 Å². The van der Waals surface area contributed by atoms with Gasteiger partial charge in [-0.2, -0.15) is 0 Å². The molecule has 5 nitrogen and oxygen atoms in total. The van der Waals surface area contributed by atoms with Crippen LogP contribution in [-0.2, 0) is 10.0 Å². The molecule has 0 saturated heterocycles. The Bertz CT molecular complexity index is 563. The number of halogens is 2. The van der Waals surface area contributed by atoms with Crippen LogP contribution in [0.1, 0.15) is 17.3 Å². The summed E-state index contributed by atoms with van der Waals surface area (Å²) in [6.45, 7) is 2.08. The minimum atomic E-state index is -3.32. The monoisotopic (exact) mass is 368 g/mol. The zero-order valence-electron chi connectivity index (χ0n) is 10.2. The Morgan fingerprint density at radius 1 is 1.42 bits per heavy atom. The molecule has 1 aromatic rings. The minimum Gasteiger partial charge on any atom is -0.351 e. The number of sulfonamides is 1. The minimum absolute atomic E-state index is 0.0500. The molecule has 1 amide bonds. The van der Waals surface area contributed by atoms with E-state index in [4.69, 9.17) is 11.6 Å². The third-order valence-corrected chi connectivity index (χ3v) is 4.89. The molecule has 0 bridgehead atoms. The molecule has 1 aromatic carbocycles. The van der Waals surface area contributed by atoms with Crippen LogP contribution in [0.4, 0.5) is 0 Å². The maximum Gasteiger partial charge on any atom is 0.251 e. The smallest absolute Gasteiger partial charge is 0.251 e. The van der Waals surface area contributed by atoms with Gasteiger partial charge in [0.25, 0.3) is 5.91 Å². The lowest BCUT2D eigenvalue weighted by Crippen LogP contribution is -2.34. The van der Waals surface area contributed by atoms with Crippen molar-refractivity contribution >= 4 is 43.5 Å². The highest BCUT2D eigenvalue weighted by Gasteiger charge is 2.11. The van der Waals surface area contributed by atoms with E-state index in [9.17, 15) is 13.2 Å². The first kappa shape index (κ1) is 16.4. The van der Waals surface area contributed by atoms with Crippen LogP contribution in [0.3, 0.4) is 0 Å². The van der Waals surface area contributed by atoms with E-state index in [1.807, 2.05) is 0 Å². The van der Waals surface area contributed by atoms with Gasteiger partial charge in [-0.3, -0.25) is 4.79 Å². The fraction of sp³-hybridized carbons (Fsp3) is 0.364. The van der Waals surface area contributed by atoms with Crippen LogP contribution in [0.15, 0.2) is 22.7 Å². The van der Waals surface area contributed by atoms with E-state index >= 15 is 0 Å². The molecule has 0 fully saturated rings. The van der Waals surface area contributed by atoms with Crippen molar-refractivity contribution in [2.24, 2.45) is 0 Å². The first-order valence-electron chi connectivity index (χ1n) is 5.56. The fourth-order valence-corrected chi connectivity index (χ4v) is 2.78. The molecule has 0 spiro atoms. The van der Waals surface area contributed by atoms with E-state index in [1.54, 1.807) is 25.1 Å². The Labute approximate surface area is 125 Å². The second kappa shape index (κ2) is 7.23. The molecule has 0 atom stereocenters. The van der Waals surface area contributed by atoms with Gasteiger partial charge >= 0.3 is 0 Å². The van der Waals surface area contributed by atoms with Gasteiger partial charge in [-0.15, -0.1) is 0 Å². The third-order valence-electron chi connectivity index (χ3n) is 2.20. The van der Waals surface area contributed by atoms with E-state index < -0.39 is 10.0 Å². The van der Waals surface area contributed by atoms with Gasteiger partial charge in [0, 0.05) is 23.1 Å². The van der Waals surface area contributed by atoms with Crippen molar-refractivity contribution in [1.29, 1.82) is 0 Å². The zero-order chi connectivity index (χ0) is 14.5. The highest BCUT2D eigenvalue weighted by molar-refractivity contribution is 9.10. The first-order chi connectivity index (χ1) is 8.85. The van der Waals surface area contributed by atoms with Gasteiger partial charge in [0.05, 0.1) is 10.8 Å². The van der Waals surface area contributed by atoms with Crippen LogP contribution in [0.2, 0.25) is 5.02 Å². The molecule has 0 aliphatic carbocycles. The summed E-state index contributed by atoms with van der Waals surface area (Å²) in [5.41, 5.74) is 0.414. The van der Waals surface area contributed by atoms with Crippen molar-refractivity contribution in [2.75, 3.05) is 18.8 Å². The molecule has 0 saturated carbocycles. The number of rotatable bonds is 6. The van der Waals surface area contributed by atoms with Crippen molar-refractivity contribution in [1.82, 2.24) is 10.0 Å². The summed E-state index contributed by atoms with van der Waals surface area (Å²) in [5.74, 6) is -0.495. The van der Waals surface area contributed by atoms with Crippen LogP contribution < -0.4 is 10.0 Å². The van der Waals surface area contributed by atoms with Crippen LogP contribution in [-0.4, -0.2) is 33.2 Å². The maximum atomic E-state index is 11.8. The quantitative estimate of drug-likeness (QED) is 0.802. The predicted octanol–water partition coefficient (Wildman–Crippen LogP) is 1.77. The summed E-state index contributed by atoms with van der Waals surface area (Å²) in [6, 6.07) is 4.74. The van der Waals surface area contributed by atoms with Gasteiger partial charge in [-0.25, -0.2) is 13.1 Å². The molecule has 2 N–H and O–H groups in total. The molecule has 1 rings (SSSR count). The number of hydrogen-bond acceptors (Lipinski definition) is 3. The number of hydrogen-bond donors (Lipinski definition) is 2. The molecule has 0 aliphatic heterocycles. The Hall–Kier alpha value is -0.630. The van der Waals surface area contributed by atoms with Crippen molar-refractivity contribution < 1.29 is 13.2 Å². The van der Waals surface area contributed by atoms with E-state index in [0.29, 0.717) is 21.6 Å². The van der Waals surface area contributed by atoms with Gasteiger partial charge in [0.15, 0.2) is 0 Å². The average Bonchev–Trinajstić information content (AvgIpc) is 2.32. The van der Waals surface area contributed by atoms with Gasteiger partial charge in [-0.05, 0) is 34.1 Å². The normalized spacial score (nSPS) is 11.3. The largest absolute Gasteiger partial charge is 0.351 e. The standard InChI is InChI=1S/C11H14BrClN2O3S/c1-2-15-19(17,18)6-5-14-11(16)8-3-4-10(13)9(12)7-8/h3-4,7,15H,2,5-6H2,1H3,(H,14,16). The lowest BCUT2D eigenvalue weighted by Gasteiger charge is -2.07. The molecule has 0 radical (unpaired) electrons. The average molecular weight is 370 g/mol. The highest BCUT2D eigenvalue weighted by Crippen LogP contribution is 2.23. The summed E-state index contributed by atoms with van der Waals surface area (Å²) < 4.78 is 25.7. The number of carbonyl (C=O) groups excluding carboxylic acids is 1.